The van der Waals surface area contributed by atoms with Crippen LogP contribution in [0.4, 0.5) is 17.5 Å². The van der Waals surface area contributed by atoms with Gasteiger partial charge in [0.25, 0.3) is 0 Å². The van der Waals surface area contributed by atoms with E-state index in [9.17, 15) is 0 Å². The summed E-state index contributed by atoms with van der Waals surface area (Å²) in [4.78, 5) is 19.7. The Morgan fingerprint density at radius 1 is 0.900 bits per heavy atom. The van der Waals surface area contributed by atoms with Crippen molar-refractivity contribution < 1.29 is 0 Å². The summed E-state index contributed by atoms with van der Waals surface area (Å²) < 4.78 is 0. The maximum Gasteiger partial charge on any atom is 0.229 e. The van der Waals surface area contributed by atoms with Gasteiger partial charge < -0.3 is 15.2 Å². The summed E-state index contributed by atoms with van der Waals surface area (Å²) in [7, 11) is 0. The molecule has 0 radical (unpaired) electrons. The number of aromatic amines is 2. The second kappa shape index (κ2) is 6.84. The van der Waals surface area contributed by atoms with E-state index in [1.165, 1.54) is 12.8 Å². The number of rotatable bonds is 4. The first-order valence-electron chi connectivity index (χ1n) is 10.1. The highest BCUT2D eigenvalue weighted by atomic mass is 15.3. The van der Waals surface area contributed by atoms with Crippen LogP contribution in [0.2, 0.25) is 0 Å². The fourth-order valence-corrected chi connectivity index (χ4v) is 3.91. The van der Waals surface area contributed by atoms with Gasteiger partial charge in [-0.25, -0.2) is 4.98 Å². The molecule has 2 aromatic carbocycles. The van der Waals surface area contributed by atoms with Crippen molar-refractivity contribution in [3.05, 3.63) is 54.7 Å². The van der Waals surface area contributed by atoms with Crippen molar-refractivity contribution in [2.45, 2.75) is 12.8 Å². The number of anilines is 3. The zero-order chi connectivity index (χ0) is 19.9. The zero-order valence-corrected chi connectivity index (χ0v) is 16.3. The van der Waals surface area contributed by atoms with E-state index in [1.54, 1.807) is 6.20 Å². The molecule has 0 aliphatic carbocycles. The van der Waals surface area contributed by atoms with Crippen LogP contribution in [0.3, 0.4) is 0 Å². The highest BCUT2D eigenvalue weighted by Gasteiger charge is 2.18. The molecule has 0 saturated carbocycles. The van der Waals surface area contributed by atoms with Crippen LogP contribution in [0.25, 0.3) is 33.5 Å². The third kappa shape index (κ3) is 2.93. The summed E-state index contributed by atoms with van der Waals surface area (Å²) >= 11 is 0. The van der Waals surface area contributed by atoms with Crippen LogP contribution >= 0.6 is 0 Å². The number of nitrogens with one attached hydrogen (secondary N) is 3. The minimum absolute atomic E-state index is 0.741. The number of nitrogens with zero attached hydrogens (tertiary/aromatic N) is 5. The molecule has 4 heterocycles. The van der Waals surface area contributed by atoms with Gasteiger partial charge in [0.2, 0.25) is 5.95 Å². The molecule has 5 aromatic rings. The van der Waals surface area contributed by atoms with Crippen LogP contribution in [0.1, 0.15) is 12.8 Å². The van der Waals surface area contributed by atoms with E-state index in [0.717, 1.165) is 64.0 Å². The van der Waals surface area contributed by atoms with Crippen LogP contribution < -0.4 is 10.2 Å². The molecule has 148 valence electrons. The number of para-hydroxylation sites is 2. The summed E-state index contributed by atoms with van der Waals surface area (Å²) in [5.41, 5.74) is 4.72. The van der Waals surface area contributed by atoms with Gasteiger partial charge in [0.05, 0.1) is 22.6 Å². The molecule has 0 atom stereocenters. The fraction of sp³-hybridized carbons (Fsp3) is 0.182. The number of fused-ring (bicyclic) bond motifs is 2. The average molecular weight is 396 g/mol. The van der Waals surface area contributed by atoms with Gasteiger partial charge >= 0.3 is 0 Å². The lowest BCUT2D eigenvalue weighted by atomic mass is 10.2. The molecule has 1 fully saturated rings. The Kier molecular flexibility index (Phi) is 3.87. The lowest BCUT2D eigenvalue weighted by Crippen LogP contribution is -2.20. The third-order valence-corrected chi connectivity index (χ3v) is 5.50. The van der Waals surface area contributed by atoms with Gasteiger partial charge in [0.15, 0.2) is 5.65 Å². The first-order chi connectivity index (χ1) is 14.8. The fourth-order valence-electron chi connectivity index (χ4n) is 3.91. The van der Waals surface area contributed by atoms with Crippen molar-refractivity contribution in [1.29, 1.82) is 0 Å². The second-order valence-electron chi connectivity index (χ2n) is 7.50. The van der Waals surface area contributed by atoms with Gasteiger partial charge in [-0.05, 0) is 49.2 Å². The monoisotopic (exact) mass is 396 g/mol. The predicted octanol–water partition coefficient (Wildman–Crippen LogP) is 4.24. The molecule has 8 heteroatoms. The van der Waals surface area contributed by atoms with Gasteiger partial charge in [0.1, 0.15) is 11.6 Å². The Hall–Kier alpha value is -3.94. The van der Waals surface area contributed by atoms with Crippen molar-refractivity contribution in [1.82, 2.24) is 30.1 Å². The molecule has 0 spiro atoms. The highest BCUT2D eigenvalue weighted by molar-refractivity contribution is 5.89. The smallest absolute Gasteiger partial charge is 0.229 e. The summed E-state index contributed by atoms with van der Waals surface area (Å²) in [5.74, 6) is 2.36. The minimum Gasteiger partial charge on any atom is -0.341 e. The van der Waals surface area contributed by atoms with E-state index in [2.05, 4.69) is 47.5 Å². The molecule has 1 aliphatic heterocycles. The van der Waals surface area contributed by atoms with Crippen molar-refractivity contribution >= 4 is 39.5 Å². The molecular formula is C22H20N8. The zero-order valence-electron chi connectivity index (χ0n) is 16.3. The Morgan fingerprint density at radius 3 is 2.57 bits per heavy atom. The maximum absolute atomic E-state index is 4.79. The van der Waals surface area contributed by atoms with Crippen molar-refractivity contribution in [3.8, 4) is 11.4 Å². The maximum atomic E-state index is 4.79. The van der Waals surface area contributed by atoms with Crippen LogP contribution in [-0.4, -0.2) is 43.2 Å². The largest absolute Gasteiger partial charge is 0.341 e. The van der Waals surface area contributed by atoms with E-state index in [0.29, 0.717) is 0 Å². The van der Waals surface area contributed by atoms with Gasteiger partial charge in [-0.1, -0.05) is 12.1 Å². The number of H-pyrrole nitrogens is 2. The van der Waals surface area contributed by atoms with Gasteiger partial charge in [0, 0.05) is 24.3 Å². The molecule has 0 unspecified atom stereocenters. The summed E-state index contributed by atoms with van der Waals surface area (Å²) in [6, 6.07) is 16.2. The van der Waals surface area contributed by atoms with E-state index in [4.69, 9.17) is 4.98 Å². The standard InChI is InChI=1S/C22H20N8/c1-2-6-18-17(5-1)25-19(26-18)14-7-9-15(10-8-14)24-20-16-13-23-29-21(16)28-22(27-20)30-11-3-4-12-30/h1-2,5-10,13H,3-4,11-12H2,(H,25,26)(H2,23,24,27,28,29). The molecule has 6 rings (SSSR count). The molecule has 0 amide bonds. The van der Waals surface area contributed by atoms with Gasteiger partial charge in [-0.3, -0.25) is 5.10 Å². The Balaban J connectivity index is 1.31. The SMILES string of the molecule is c1ccc2[nH]c(-c3ccc(Nc4nc(N5CCCC5)nc5[nH]ncc45)cc3)nc2c1. The normalized spacial score (nSPS) is 14.1. The Labute approximate surface area is 172 Å². The van der Waals surface area contributed by atoms with Crippen LogP contribution in [-0.2, 0) is 0 Å². The van der Waals surface area contributed by atoms with Crippen molar-refractivity contribution in [3.63, 3.8) is 0 Å². The lowest BCUT2D eigenvalue weighted by molar-refractivity contribution is 0.905. The number of benzene rings is 2. The predicted molar refractivity (Wildman–Crippen MR) is 118 cm³/mol. The number of hydrogen-bond acceptors (Lipinski definition) is 6. The lowest BCUT2D eigenvalue weighted by Gasteiger charge is -2.16. The molecule has 1 aliphatic rings. The van der Waals surface area contributed by atoms with Crippen LogP contribution in [0.15, 0.2) is 54.7 Å². The molecule has 3 N–H and O–H groups in total. The number of hydrogen-bond donors (Lipinski definition) is 3. The highest BCUT2D eigenvalue weighted by Crippen LogP contribution is 2.28. The molecule has 0 bridgehead atoms. The van der Waals surface area contributed by atoms with Crippen LogP contribution in [0.5, 0.6) is 0 Å². The van der Waals surface area contributed by atoms with Gasteiger partial charge in [-0.15, -0.1) is 0 Å². The van der Waals surface area contributed by atoms with Crippen LogP contribution in [0, 0.1) is 0 Å². The molecule has 3 aromatic heterocycles. The molecule has 30 heavy (non-hydrogen) atoms. The summed E-state index contributed by atoms with van der Waals surface area (Å²) in [6.45, 7) is 1.98. The Morgan fingerprint density at radius 2 is 1.73 bits per heavy atom. The van der Waals surface area contributed by atoms with E-state index in [-0.39, 0.29) is 0 Å². The quantitative estimate of drug-likeness (QED) is 0.420. The third-order valence-electron chi connectivity index (χ3n) is 5.50. The summed E-state index contributed by atoms with van der Waals surface area (Å²) in [5, 5.41) is 11.4. The number of imidazole rings is 1. The van der Waals surface area contributed by atoms with E-state index >= 15 is 0 Å². The minimum atomic E-state index is 0.741. The molecule has 8 nitrogen and oxygen atoms in total. The first-order valence-corrected chi connectivity index (χ1v) is 10.1. The van der Waals surface area contributed by atoms with Gasteiger partial charge in [-0.2, -0.15) is 15.1 Å². The first kappa shape index (κ1) is 17.0. The molecule has 1 saturated heterocycles. The summed E-state index contributed by atoms with van der Waals surface area (Å²) in [6.07, 6.45) is 4.11. The Bertz CT molecular complexity index is 1300. The topological polar surface area (TPSA) is 98.4 Å². The second-order valence-corrected chi connectivity index (χ2v) is 7.50. The number of aromatic nitrogens is 6. The van der Waals surface area contributed by atoms with E-state index in [1.807, 2.05) is 36.4 Å². The van der Waals surface area contributed by atoms with Crippen molar-refractivity contribution in [2.24, 2.45) is 0 Å². The van der Waals surface area contributed by atoms with Crippen molar-refractivity contribution in [2.75, 3.05) is 23.3 Å². The molecular weight excluding hydrogens is 376 g/mol. The average Bonchev–Trinajstić information content (AvgIpc) is 3.54. The van der Waals surface area contributed by atoms with E-state index < -0.39 is 0 Å².